The second-order valence-electron chi connectivity index (χ2n) is 4.01. The highest BCUT2D eigenvalue weighted by molar-refractivity contribution is 5.88. The molecule has 2 rings (SSSR count). The van der Waals surface area contributed by atoms with Crippen LogP contribution in [0.3, 0.4) is 0 Å². The molecule has 0 bridgehead atoms. The number of hydrogen-bond donors (Lipinski definition) is 0. The fourth-order valence-corrected chi connectivity index (χ4v) is 1.63. The van der Waals surface area contributed by atoms with Crippen LogP contribution in [0.25, 0.3) is 5.65 Å². The first-order chi connectivity index (χ1) is 8.22. The van der Waals surface area contributed by atoms with E-state index in [0.29, 0.717) is 12.3 Å². The Morgan fingerprint density at radius 1 is 1.47 bits per heavy atom. The van der Waals surface area contributed by atoms with E-state index in [-0.39, 0.29) is 5.97 Å². The van der Waals surface area contributed by atoms with Gasteiger partial charge in [-0.1, -0.05) is 19.4 Å². The number of carbonyl (C=O) groups excluding carboxylic acids is 1. The van der Waals surface area contributed by atoms with Crippen LogP contribution in [0, 0.1) is 6.92 Å². The Morgan fingerprint density at radius 2 is 2.29 bits per heavy atom. The normalized spacial score (nSPS) is 10.7. The predicted octanol–water partition coefficient (Wildman–Crippen LogP) is 2.60. The van der Waals surface area contributed by atoms with Crippen LogP contribution in [0.4, 0.5) is 0 Å². The minimum atomic E-state index is -0.346. The molecular formula is C13H16N2O2. The molecule has 0 fully saturated rings. The molecule has 0 aromatic carbocycles. The monoisotopic (exact) mass is 232 g/mol. The summed E-state index contributed by atoms with van der Waals surface area (Å²) in [5.41, 5.74) is 2.19. The summed E-state index contributed by atoms with van der Waals surface area (Å²) in [6.45, 7) is 4.49. The summed E-state index contributed by atoms with van der Waals surface area (Å²) < 4.78 is 7.01. The van der Waals surface area contributed by atoms with Gasteiger partial charge in [0.1, 0.15) is 5.65 Å². The van der Waals surface area contributed by atoms with Crippen molar-refractivity contribution in [1.29, 1.82) is 0 Å². The largest absolute Gasteiger partial charge is 0.461 e. The van der Waals surface area contributed by atoms with E-state index in [9.17, 15) is 4.79 Å². The van der Waals surface area contributed by atoms with Crippen molar-refractivity contribution in [3.63, 3.8) is 0 Å². The van der Waals surface area contributed by atoms with Gasteiger partial charge in [0.2, 0.25) is 0 Å². The van der Waals surface area contributed by atoms with Crippen molar-refractivity contribution >= 4 is 11.6 Å². The number of aryl methyl sites for hydroxylation is 1. The highest BCUT2D eigenvalue weighted by Gasteiger charge is 2.12. The van der Waals surface area contributed by atoms with Crippen LogP contribution < -0.4 is 0 Å². The first-order valence-electron chi connectivity index (χ1n) is 5.84. The van der Waals surface area contributed by atoms with Gasteiger partial charge in [-0.15, -0.1) is 0 Å². The van der Waals surface area contributed by atoms with Gasteiger partial charge in [0.15, 0.2) is 5.69 Å². The smallest absolute Gasteiger partial charge is 0.358 e. The number of fused-ring (bicyclic) bond motifs is 1. The minimum Gasteiger partial charge on any atom is -0.461 e. The molecule has 17 heavy (non-hydrogen) atoms. The molecule has 0 atom stereocenters. The fraction of sp³-hybridized carbons (Fsp3) is 0.385. The molecule has 2 aromatic rings. The summed E-state index contributed by atoms with van der Waals surface area (Å²) in [6.07, 6.45) is 3.62. The number of carbonyl (C=O) groups is 1. The van der Waals surface area contributed by atoms with Gasteiger partial charge in [-0.05, 0) is 25.5 Å². The first kappa shape index (κ1) is 11.6. The summed E-state index contributed by atoms with van der Waals surface area (Å²) in [5.74, 6) is -0.346. The maximum Gasteiger partial charge on any atom is 0.358 e. The van der Waals surface area contributed by atoms with Crippen LogP contribution >= 0.6 is 0 Å². The van der Waals surface area contributed by atoms with E-state index in [4.69, 9.17) is 4.74 Å². The van der Waals surface area contributed by atoms with Gasteiger partial charge in [-0.3, -0.25) is 0 Å². The fourth-order valence-electron chi connectivity index (χ4n) is 1.63. The zero-order chi connectivity index (χ0) is 12.3. The molecule has 4 heteroatoms. The molecule has 2 aromatic heterocycles. The van der Waals surface area contributed by atoms with Crippen LogP contribution in [-0.4, -0.2) is 22.0 Å². The third-order valence-electron chi connectivity index (χ3n) is 2.64. The van der Waals surface area contributed by atoms with Crippen LogP contribution in [0.2, 0.25) is 0 Å². The maximum atomic E-state index is 11.7. The molecule has 0 amide bonds. The lowest BCUT2D eigenvalue weighted by Gasteiger charge is -1.99. The average molecular weight is 232 g/mol. The van der Waals surface area contributed by atoms with Crippen molar-refractivity contribution in [3.05, 3.63) is 35.8 Å². The Balaban J connectivity index is 2.19. The minimum absolute atomic E-state index is 0.346. The Hall–Kier alpha value is -1.84. The summed E-state index contributed by atoms with van der Waals surface area (Å²) in [5, 5.41) is 0. The van der Waals surface area contributed by atoms with Crippen molar-refractivity contribution in [2.24, 2.45) is 0 Å². The molecule has 90 valence electrons. The highest BCUT2D eigenvalue weighted by atomic mass is 16.5. The van der Waals surface area contributed by atoms with E-state index in [2.05, 4.69) is 11.9 Å². The zero-order valence-corrected chi connectivity index (χ0v) is 10.1. The van der Waals surface area contributed by atoms with Crippen molar-refractivity contribution < 1.29 is 9.53 Å². The highest BCUT2D eigenvalue weighted by Crippen LogP contribution is 2.09. The van der Waals surface area contributed by atoms with Crippen molar-refractivity contribution in [2.75, 3.05) is 6.61 Å². The topological polar surface area (TPSA) is 43.6 Å². The molecule has 4 nitrogen and oxygen atoms in total. The predicted molar refractivity (Wildman–Crippen MR) is 65.1 cm³/mol. The number of pyridine rings is 1. The Kier molecular flexibility index (Phi) is 3.42. The first-order valence-corrected chi connectivity index (χ1v) is 5.84. The number of esters is 1. The van der Waals surface area contributed by atoms with Gasteiger partial charge in [-0.2, -0.15) is 0 Å². The lowest BCUT2D eigenvalue weighted by Crippen LogP contribution is -2.06. The second-order valence-corrected chi connectivity index (χ2v) is 4.01. The lowest BCUT2D eigenvalue weighted by atomic mass is 10.4. The molecule has 2 heterocycles. The van der Waals surface area contributed by atoms with Crippen LogP contribution in [0.15, 0.2) is 24.4 Å². The summed E-state index contributed by atoms with van der Waals surface area (Å²) in [7, 11) is 0. The van der Waals surface area contributed by atoms with Crippen molar-refractivity contribution in [3.8, 4) is 0 Å². The van der Waals surface area contributed by atoms with Gasteiger partial charge in [-0.25, -0.2) is 9.78 Å². The number of rotatable bonds is 4. The van der Waals surface area contributed by atoms with E-state index in [1.54, 1.807) is 6.20 Å². The number of unbranched alkanes of at least 4 members (excludes halogenated alkanes) is 1. The van der Waals surface area contributed by atoms with Crippen LogP contribution in [-0.2, 0) is 4.74 Å². The number of nitrogens with zero attached hydrogens (tertiary/aromatic N) is 2. The average Bonchev–Trinajstić information content (AvgIpc) is 2.75. The number of ether oxygens (including phenoxy) is 1. The lowest BCUT2D eigenvalue weighted by molar-refractivity contribution is 0.0493. The van der Waals surface area contributed by atoms with E-state index >= 15 is 0 Å². The van der Waals surface area contributed by atoms with E-state index in [1.165, 1.54) is 0 Å². The van der Waals surface area contributed by atoms with E-state index in [0.717, 1.165) is 24.2 Å². The van der Waals surface area contributed by atoms with E-state index < -0.39 is 0 Å². The number of aromatic nitrogens is 2. The Labute approximate surface area is 100 Å². The van der Waals surface area contributed by atoms with Crippen LogP contribution in [0.1, 0.15) is 35.9 Å². The third-order valence-corrected chi connectivity index (χ3v) is 2.64. The standard InChI is InChI=1S/C13H16N2O2/c1-3-4-8-17-13(16)11-9-15-10(2)6-5-7-12(15)14-11/h5-7,9H,3-4,8H2,1-2H3. The Bertz CT molecular complexity index is 531. The van der Waals surface area contributed by atoms with Crippen molar-refractivity contribution in [2.45, 2.75) is 26.7 Å². The second kappa shape index (κ2) is 4.99. The Morgan fingerprint density at radius 3 is 3.00 bits per heavy atom. The molecule has 0 aliphatic heterocycles. The van der Waals surface area contributed by atoms with E-state index in [1.807, 2.05) is 29.5 Å². The summed E-state index contributed by atoms with van der Waals surface area (Å²) >= 11 is 0. The van der Waals surface area contributed by atoms with Crippen molar-refractivity contribution in [1.82, 2.24) is 9.38 Å². The summed E-state index contributed by atoms with van der Waals surface area (Å²) in [4.78, 5) is 15.9. The molecule has 0 N–H and O–H groups in total. The molecule has 0 unspecified atom stereocenters. The van der Waals surface area contributed by atoms with Gasteiger partial charge >= 0.3 is 5.97 Å². The number of imidazole rings is 1. The molecule has 0 aliphatic rings. The quantitative estimate of drug-likeness (QED) is 0.601. The van der Waals surface area contributed by atoms with Gasteiger partial charge in [0.05, 0.1) is 6.61 Å². The third kappa shape index (κ3) is 2.46. The molecule has 0 saturated heterocycles. The maximum absolute atomic E-state index is 11.7. The molecular weight excluding hydrogens is 216 g/mol. The SMILES string of the molecule is CCCCOC(=O)c1cn2c(C)cccc2n1. The number of hydrogen-bond acceptors (Lipinski definition) is 3. The van der Waals surface area contributed by atoms with Gasteiger partial charge < -0.3 is 9.14 Å². The molecule has 0 saturated carbocycles. The van der Waals surface area contributed by atoms with Gasteiger partial charge in [0.25, 0.3) is 0 Å². The summed E-state index contributed by atoms with van der Waals surface area (Å²) in [6, 6.07) is 5.76. The molecule has 0 radical (unpaired) electrons. The van der Waals surface area contributed by atoms with Crippen LogP contribution in [0.5, 0.6) is 0 Å². The molecule has 0 aliphatic carbocycles. The van der Waals surface area contributed by atoms with Gasteiger partial charge in [0, 0.05) is 11.9 Å². The zero-order valence-electron chi connectivity index (χ0n) is 10.1. The molecule has 0 spiro atoms.